The molecule has 0 spiro atoms. The van der Waals surface area contributed by atoms with Gasteiger partial charge in [-0.3, -0.25) is 0 Å². The standard InChI is InChI=1S/C6H6N4O2S/c7-13(11,12)10-6-4-2-1-3-5(6)8-9-10/h1-4H,(H2,7,11,12). The van der Waals surface area contributed by atoms with Crippen molar-refractivity contribution < 1.29 is 8.42 Å². The number of fused-ring (bicyclic) bond motifs is 1. The highest BCUT2D eigenvalue weighted by Crippen LogP contribution is 2.09. The molecule has 0 aliphatic carbocycles. The highest BCUT2D eigenvalue weighted by atomic mass is 32.2. The number of benzene rings is 1. The van der Waals surface area contributed by atoms with E-state index in [4.69, 9.17) is 5.14 Å². The molecule has 0 aliphatic heterocycles. The van der Waals surface area contributed by atoms with Crippen molar-refractivity contribution in [3.8, 4) is 0 Å². The summed E-state index contributed by atoms with van der Waals surface area (Å²) >= 11 is 0. The maximum atomic E-state index is 10.9. The summed E-state index contributed by atoms with van der Waals surface area (Å²) in [5.41, 5.74) is 0.876. The van der Waals surface area contributed by atoms with Gasteiger partial charge in [0.15, 0.2) is 0 Å². The van der Waals surface area contributed by atoms with E-state index in [2.05, 4.69) is 10.3 Å². The molecule has 1 aromatic carbocycles. The van der Waals surface area contributed by atoms with E-state index in [1.165, 1.54) is 0 Å². The van der Waals surface area contributed by atoms with Crippen LogP contribution in [0, 0.1) is 0 Å². The van der Waals surface area contributed by atoms with Crippen molar-refractivity contribution in [3.05, 3.63) is 24.3 Å². The third kappa shape index (κ3) is 1.27. The lowest BCUT2D eigenvalue weighted by Gasteiger charge is -1.95. The normalized spacial score (nSPS) is 12.1. The molecule has 0 unspecified atom stereocenters. The van der Waals surface area contributed by atoms with Gasteiger partial charge < -0.3 is 0 Å². The Morgan fingerprint density at radius 2 is 2.00 bits per heavy atom. The Morgan fingerprint density at radius 3 is 2.69 bits per heavy atom. The van der Waals surface area contributed by atoms with Crippen molar-refractivity contribution >= 4 is 21.2 Å². The summed E-state index contributed by atoms with van der Waals surface area (Å²) in [7, 11) is -3.84. The van der Waals surface area contributed by atoms with E-state index in [1.807, 2.05) is 0 Å². The fraction of sp³-hybridized carbons (Fsp3) is 0. The molecule has 6 nitrogen and oxygen atoms in total. The van der Waals surface area contributed by atoms with Gasteiger partial charge in [0.2, 0.25) is 0 Å². The van der Waals surface area contributed by atoms with Crippen LogP contribution in [0.5, 0.6) is 0 Å². The molecule has 0 radical (unpaired) electrons. The highest BCUT2D eigenvalue weighted by molar-refractivity contribution is 7.87. The number of hydrogen-bond acceptors (Lipinski definition) is 4. The number of aromatic nitrogens is 3. The number of hydrogen-bond donors (Lipinski definition) is 1. The molecule has 1 heterocycles. The second kappa shape index (κ2) is 2.51. The summed E-state index contributed by atoms with van der Waals surface area (Å²) in [5.74, 6) is 0. The van der Waals surface area contributed by atoms with E-state index < -0.39 is 10.2 Å². The maximum absolute atomic E-state index is 10.9. The van der Waals surface area contributed by atoms with Crippen molar-refractivity contribution in [2.24, 2.45) is 5.14 Å². The van der Waals surface area contributed by atoms with Crippen LogP contribution in [0.15, 0.2) is 24.3 Å². The quantitative estimate of drug-likeness (QED) is 0.667. The zero-order valence-corrected chi connectivity index (χ0v) is 7.27. The van der Waals surface area contributed by atoms with Crippen LogP contribution in [-0.2, 0) is 10.2 Å². The number of nitrogens with two attached hydrogens (primary N) is 1. The molecule has 0 saturated carbocycles. The maximum Gasteiger partial charge on any atom is 0.319 e. The Bertz CT molecular complexity index is 545. The minimum atomic E-state index is -3.84. The first kappa shape index (κ1) is 8.14. The van der Waals surface area contributed by atoms with Crippen LogP contribution in [0.1, 0.15) is 0 Å². The third-order valence-electron chi connectivity index (χ3n) is 1.56. The van der Waals surface area contributed by atoms with Gasteiger partial charge in [-0.25, -0.2) is 5.14 Å². The summed E-state index contributed by atoms with van der Waals surface area (Å²) in [6, 6.07) is 6.67. The van der Waals surface area contributed by atoms with Crippen molar-refractivity contribution in [3.63, 3.8) is 0 Å². The molecule has 0 saturated heterocycles. The SMILES string of the molecule is NS(=O)(=O)n1nnc2ccccc21. The fourth-order valence-corrected chi connectivity index (χ4v) is 1.60. The predicted octanol–water partition coefficient (Wildman–Crippen LogP) is -0.517. The van der Waals surface area contributed by atoms with Crippen LogP contribution in [0.4, 0.5) is 0 Å². The summed E-state index contributed by atoms with van der Waals surface area (Å²) in [5, 5.41) is 12.0. The second-order valence-electron chi connectivity index (χ2n) is 2.47. The Kier molecular flexibility index (Phi) is 1.57. The molecule has 0 atom stereocenters. The molecular formula is C6H6N4O2S. The molecule has 13 heavy (non-hydrogen) atoms. The van der Waals surface area contributed by atoms with Crippen molar-refractivity contribution in [1.82, 2.24) is 14.4 Å². The van der Waals surface area contributed by atoms with Crippen LogP contribution in [0.25, 0.3) is 11.0 Å². The van der Waals surface area contributed by atoms with Crippen molar-refractivity contribution in [1.29, 1.82) is 0 Å². The molecule has 2 aromatic rings. The summed E-state index contributed by atoms with van der Waals surface area (Å²) in [6.07, 6.45) is 0. The van der Waals surface area contributed by atoms with Gasteiger partial charge in [0, 0.05) is 0 Å². The average molecular weight is 198 g/mol. The first-order chi connectivity index (χ1) is 6.09. The molecule has 1 aromatic heterocycles. The first-order valence-electron chi connectivity index (χ1n) is 3.43. The van der Waals surface area contributed by atoms with Crippen LogP contribution in [0.3, 0.4) is 0 Å². The Balaban J connectivity index is 2.87. The molecule has 2 rings (SSSR count). The lowest BCUT2D eigenvalue weighted by Crippen LogP contribution is -2.22. The van der Waals surface area contributed by atoms with E-state index in [9.17, 15) is 8.42 Å². The number of nitrogens with zero attached hydrogens (tertiary/aromatic N) is 3. The Labute approximate surface area is 74.1 Å². The minimum absolute atomic E-state index is 0.380. The molecule has 0 fully saturated rings. The van der Waals surface area contributed by atoms with E-state index in [0.717, 1.165) is 0 Å². The van der Waals surface area contributed by atoms with Crippen molar-refractivity contribution in [2.45, 2.75) is 0 Å². The Morgan fingerprint density at radius 1 is 1.31 bits per heavy atom. The van der Waals surface area contributed by atoms with Crippen LogP contribution >= 0.6 is 0 Å². The van der Waals surface area contributed by atoms with Crippen LogP contribution in [0.2, 0.25) is 0 Å². The number of para-hydroxylation sites is 1. The average Bonchev–Trinajstić information content (AvgIpc) is 2.45. The van der Waals surface area contributed by atoms with E-state index >= 15 is 0 Å². The molecule has 0 aliphatic rings. The van der Waals surface area contributed by atoms with E-state index in [1.54, 1.807) is 24.3 Å². The first-order valence-corrected chi connectivity index (χ1v) is 4.93. The summed E-state index contributed by atoms with van der Waals surface area (Å²) in [4.78, 5) is 0. The molecule has 0 bridgehead atoms. The molecular weight excluding hydrogens is 192 g/mol. The fourth-order valence-electron chi connectivity index (χ4n) is 1.04. The minimum Gasteiger partial charge on any atom is -0.209 e. The number of rotatable bonds is 1. The lowest BCUT2D eigenvalue weighted by atomic mass is 10.3. The van der Waals surface area contributed by atoms with Crippen LogP contribution < -0.4 is 5.14 Å². The lowest BCUT2D eigenvalue weighted by molar-refractivity contribution is 0.581. The molecule has 0 amide bonds. The Hall–Kier alpha value is -1.47. The summed E-state index contributed by atoms with van der Waals surface area (Å²) < 4.78 is 22.6. The van der Waals surface area contributed by atoms with Crippen molar-refractivity contribution in [2.75, 3.05) is 0 Å². The predicted molar refractivity (Wildman–Crippen MR) is 46.0 cm³/mol. The van der Waals surface area contributed by atoms with Gasteiger partial charge in [0.05, 0.1) is 0 Å². The van der Waals surface area contributed by atoms with Gasteiger partial charge in [0.25, 0.3) is 0 Å². The molecule has 7 heteroatoms. The monoisotopic (exact) mass is 198 g/mol. The molecule has 68 valence electrons. The highest BCUT2D eigenvalue weighted by Gasteiger charge is 2.11. The molecule has 2 N–H and O–H groups in total. The van der Waals surface area contributed by atoms with Gasteiger partial charge in [-0.05, 0) is 17.3 Å². The van der Waals surface area contributed by atoms with Gasteiger partial charge in [-0.2, -0.15) is 8.42 Å². The largest absolute Gasteiger partial charge is 0.319 e. The zero-order chi connectivity index (χ0) is 9.47. The van der Waals surface area contributed by atoms with E-state index in [0.29, 0.717) is 15.1 Å². The zero-order valence-electron chi connectivity index (χ0n) is 6.45. The van der Waals surface area contributed by atoms with Gasteiger partial charge in [-0.15, -0.1) is 9.19 Å². The smallest absolute Gasteiger partial charge is 0.209 e. The second-order valence-corrected chi connectivity index (χ2v) is 3.84. The van der Waals surface area contributed by atoms with Gasteiger partial charge >= 0.3 is 10.2 Å². The summed E-state index contributed by atoms with van der Waals surface area (Å²) in [6.45, 7) is 0. The topological polar surface area (TPSA) is 90.9 Å². The van der Waals surface area contributed by atoms with Crippen LogP contribution in [-0.4, -0.2) is 22.8 Å². The van der Waals surface area contributed by atoms with Gasteiger partial charge in [0.1, 0.15) is 11.0 Å². The third-order valence-corrected chi connectivity index (χ3v) is 2.31. The van der Waals surface area contributed by atoms with Gasteiger partial charge in [-0.1, -0.05) is 12.1 Å². The van der Waals surface area contributed by atoms with E-state index in [-0.39, 0.29) is 0 Å².